The molecule has 1 N–H and O–H groups in total. The Morgan fingerprint density at radius 2 is 1.54 bits per heavy atom. The number of likely N-dealkylation sites (tertiary alicyclic amines) is 1. The minimum atomic E-state index is -3.67. The van der Waals surface area contributed by atoms with Gasteiger partial charge in [-0.2, -0.15) is 4.31 Å². The summed E-state index contributed by atoms with van der Waals surface area (Å²) < 4.78 is 32.6. The second-order valence-corrected chi connectivity index (χ2v) is 11.1. The summed E-state index contributed by atoms with van der Waals surface area (Å²) in [5.41, 5.74) is 2.40. The van der Waals surface area contributed by atoms with E-state index in [1.54, 1.807) is 12.1 Å². The molecule has 0 atom stereocenters. The van der Waals surface area contributed by atoms with E-state index >= 15 is 0 Å². The van der Waals surface area contributed by atoms with Crippen LogP contribution in [0.4, 0.5) is 5.69 Å². The summed E-state index contributed by atoms with van der Waals surface area (Å²) in [7, 11) is -2.13. The highest BCUT2D eigenvalue weighted by Gasteiger charge is 2.21. The summed E-state index contributed by atoms with van der Waals surface area (Å²) in [5, 5.41) is 2.76. The molecule has 0 aliphatic carbocycles. The number of carbonyl (C=O) groups is 2. The third kappa shape index (κ3) is 7.18. The Hall–Kier alpha value is -3.69. The van der Waals surface area contributed by atoms with Crippen LogP contribution in [0.25, 0.3) is 0 Å². The molecule has 194 valence electrons. The molecule has 4 rings (SSSR count). The number of nitrogens with zero attached hydrogens (tertiary/aromatic N) is 2. The molecule has 9 heteroatoms. The first-order valence-electron chi connectivity index (χ1n) is 12.2. The van der Waals surface area contributed by atoms with Gasteiger partial charge in [-0.1, -0.05) is 42.5 Å². The van der Waals surface area contributed by atoms with Crippen molar-refractivity contribution in [2.24, 2.45) is 0 Å². The van der Waals surface area contributed by atoms with Gasteiger partial charge < -0.3 is 15.0 Å². The summed E-state index contributed by atoms with van der Waals surface area (Å²) in [6.07, 6.45) is 2.48. The fourth-order valence-corrected chi connectivity index (χ4v) is 5.28. The van der Waals surface area contributed by atoms with Crippen LogP contribution in [0.2, 0.25) is 0 Å². The number of anilines is 1. The number of hydrogen-bond acceptors (Lipinski definition) is 5. The zero-order valence-electron chi connectivity index (χ0n) is 20.8. The molecule has 0 bridgehead atoms. The molecule has 1 saturated heterocycles. The fraction of sp³-hybridized carbons (Fsp3) is 0.286. The average Bonchev–Trinajstić information content (AvgIpc) is 3.45. The molecule has 1 fully saturated rings. The number of nitrogens with one attached hydrogen (secondary N) is 1. The van der Waals surface area contributed by atoms with Gasteiger partial charge in [0.2, 0.25) is 15.9 Å². The van der Waals surface area contributed by atoms with E-state index in [4.69, 9.17) is 4.74 Å². The van der Waals surface area contributed by atoms with Crippen molar-refractivity contribution in [3.05, 3.63) is 90.0 Å². The van der Waals surface area contributed by atoms with Crippen LogP contribution in [0, 0.1) is 0 Å². The summed E-state index contributed by atoms with van der Waals surface area (Å²) in [4.78, 5) is 26.6. The van der Waals surface area contributed by atoms with Crippen molar-refractivity contribution in [3.63, 3.8) is 0 Å². The van der Waals surface area contributed by atoms with E-state index in [2.05, 4.69) is 5.32 Å². The fourth-order valence-electron chi connectivity index (χ4n) is 4.12. The first kappa shape index (κ1) is 26.4. The van der Waals surface area contributed by atoms with E-state index in [0.717, 1.165) is 37.1 Å². The number of rotatable bonds is 10. The molecule has 37 heavy (non-hydrogen) atoms. The van der Waals surface area contributed by atoms with Crippen molar-refractivity contribution in [2.45, 2.75) is 30.7 Å². The van der Waals surface area contributed by atoms with Crippen LogP contribution in [-0.2, 0) is 32.6 Å². The van der Waals surface area contributed by atoms with E-state index in [-0.39, 0.29) is 29.9 Å². The Balaban J connectivity index is 1.25. The monoisotopic (exact) mass is 521 g/mol. The second-order valence-electron chi connectivity index (χ2n) is 9.02. The Kier molecular flexibility index (Phi) is 8.58. The lowest BCUT2D eigenvalue weighted by Crippen LogP contribution is -2.29. The zero-order chi connectivity index (χ0) is 26.3. The molecule has 0 spiro atoms. The minimum Gasteiger partial charge on any atom is -0.484 e. The molecular formula is C28H31N3O5S. The predicted molar refractivity (Wildman–Crippen MR) is 142 cm³/mol. The average molecular weight is 522 g/mol. The number of ether oxygens (including phenoxy) is 1. The van der Waals surface area contributed by atoms with Gasteiger partial charge in [0, 0.05) is 32.4 Å². The predicted octanol–water partition coefficient (Wildman–Crippen LogP) is 3.69. The molecule has 0 saturated carbocycles. The van der Waals surface area contributed by atoms with E-state index in [1.807, 2.05) is 47.4 Å². The summed E-state index contributed by atoms with van der Waals surface area (Å²) >= 11 is 0. The molecule has 0 unspecified atom stereocenters. The molecule has 1 aliphatic rings. The van der Waals surface area contributed by atoms with Crippen LogP contribution >= 0.6 is 0 Å². The standard InChI is InChI=1S/C28H31N3O5S/c1-30(20-23-7-3-2-4-8-23)37(34,35)26-15-13-25(14-16-26)36-21-27(32)29-24-11-9-22(10-12-24)19-28(33)31-17-5-6-18-31/h2-4,7-16H,5-6,17-21H2,1H3,(H,29,32). The van der Waals surface area contributed by atoms with E-state index in [0.29, 0.717) is 17.9 Å². The van der Waals surface area contributed by atoms with Crippen molar-refractivity contribution in [3.8, 4) is 5.75 Å². The zero-order valence-corrected chi connectivity index (χ0v) is 21.6. The lowest BCUT2D eigenvalue weighted by atomic mass is 10.1. The maximum absolute atomic E-state index is 12.9. The van der Waals surface area contributed by atoms with Crippen LogP contribution in [-0.4, -0.2) is 56.2 Å². The third-order valence-electron chi connectivity index (χ3n) is 6.20. The summed E-state index contributed by atoms with van der Waals surface area (Å²) in [6, 6.07) is 22.5. The topological polar surface area (TPSA) is 96.0 Å². The first-order chi connectivity index (χ1) is 17.8. The Labute approximate surface area is 217 Å². The van der Waals surface area contributed by atoms with Crippen molar-refractivity contribution >= 4 is 27.5 Å². The molecule has 3 aromatic carbocycles. The highest BCUT2D eigenvalue weighted by Crippen LogP contribution is 2.20. The van der Waals surface area contributed by atoms with Gasteiger partial charge in [-0.3, -0.25) is 9.59 Å². The van der Waals surface area contributed by atoms with Gasteiger partial charge in [0.25, 0.3) is 5.91 Å². The first-order valence-corrected chi connectivity index (χ1v) is 13.6. The lowest BCUT2D eigenvalue weighted by molar-refractivity contribution is -0.129. The maximum atomic E-state index is 12.9. The molecule has 0 aromatic heterocycles. The minimum absolute atomic E-state index is 0.129. The van der Waals surface area contributed by atoms with Gasteiger partial charge in [0.15, 0.2) is 6.61 Å². The van der Waals surface area contributed by atoms with Crippen LogP contribution in [0.15, 0.2) is 83.8 Å². The molecule has 3 aromatic rings. The molecule has 2 amide bonds. The highest BCUT2D eigenvalue weighted by atomic mass is 32.2. The second kappa shape index (κ2) is 12.0. The normalized spacial score (nSPS) is 13.5. The van der Waals surface area contributed by atoms with Crippen molar-refractivity contribution in [2.75, 3.05) is 32.1 Å². The van der Waals surface area contributed by atoms with Gasteiger partial charge in [-0.25, -0.2) is 8.42 Å². The van der Waals surface area contributed by atoms with E-state index in [1.165, 1.54) is 35.6 Å². The van der Waals surface area contributed by atoms with E-state index in [9.17, 15) is 18.0 Å². The van der Waals surface area contributed by atoms with Gasteiger partial charge >= 0.3 is 0 Å². The Morgan fingerprint density at radius 1 is 0.892 bits per heavy atom. The van der Waals surface area contributed by atoms with Crippen molar-refractivity contribution < 1.29 is 22.7 Å². The number of sulfonamides is 1. The number of hydrogen-bond donors (Lipinski definition) is 1. The van der Waals surface area contributed by atoms with E-state index < -0.39 is 10.0 Å². The van der Waals surface area contributed by atoms with Gasteiger partial charge in [0.1, 0.15) is 5.75 Å². The van der Waals surface area contributed by atoms with Gasteiger partial charge in [-0.05, 0) is 60.4 Å². The summed E-state index contributed by atoms with van der Waals surface area (Å²) in [6.45, 7) is 1.69. The summed E-state index contributed by atoms with van der Waals surface area (Å²) in [5.74, 6) is 0.167. The molecule has 0 radical (unpaired) electrons. The van der Waals surface area contributed by atoms with Crippen molar-refractivity contribution in [1.82, 2.24) is 9.21 Å². The van der Waals surface area contributed by atoms with Gasteiger partial charge in [0.05, 0.1) is 11.3 Å². The number of benzene rings is 3. The molecule has 8 nitrogen and oxygen atoms in total. The smallest absolute Gasteiger partial charge is 0.262 e. The van der Waals surface area contributed by atoms with Crippen LogP contribution in [0.3, 0.4) is 0 Å². The van der Waals surface area contributed by atoms with Crippen LogP contribution < -0.4 is 10.1 Å². The largest absolute Gasteiger partial charge is 0.484 e. The van der Waals surface area contributed by atoms with Crippen LogP contribution in [0.5, 0.6) is 5.75 Å². The molecular weight excluding hydrogens is 490 g/mol. The maximum Gasteiger partial charge on any atom is 0.262 e. The van der Waals surface area contributed by atoms with Crippen LogP contribution in [0.1, 0.15) is 24.0 Å². The van der Waals surface area contributed by atoms with Gasteiger partial charge in [-0.15, -0.1) is 0 Å². The lowest BCUT2D eigenvalue weighted by Gasteiger charge is -2.17. The number of carbonyl (C=O) groups excluding carboxylic acids is 2. The molecule has 1 aliphatic heterocycles. The number of amides is 2. The Morgan fingerprint density at radius 3 is 2.19 bits per heavy atom. The highest BCUT2D eigenvalue weighted by molar-refractivity contribution is 7.89. The Bertz CT molecular complexity index is 1300. The SMILES string of the molecule is CN(Cc1ccccc1)S(=O)(=O)c1ccc(OCC(=O)Nc2ccc(CC(=O)N3CCCC3)cc2)cc1. The van der Waals surface area contributed by atoms with Crippen molar-refractivity contribution in [1.29, 1.82) is 0 Å². The molecule has 1 heterocycles. The third-order valence-corrected chi connectivity index (χ3v) is 8.02. The quantitative estimate of drug-likeness (QED) is 0.439.